The van der Waals surface area contributed by atoms with Crippen molar-refractivity contribution in [1.82, 2.24) is 4.98 Å². The first-order valence-electron chi connectivity index (χ1n) is 6.14. The average molecular weight is 349 g/mol. The highest BCUT2D eigenvalue weighted by molar-refractivity contribution is 9.10. The molecule has 3 aromatic rings. The van der Waals surface area contributed by atoms with Crippen LogP contribution in [0.3, 0.4) is 0 Å². The third-order valence-electron chi connectivity index (χ3n) is 3.26. The number of halogens is 2. The Morgan fingerprint density at radius 1 is 1.15 bits per heavy atom. The van der Waals surface area contributed by atoms with Crippen molar-refractivity contribution < 1.29 is 4.79 Å². The third kappa shape index (κ3) is 2.28. The van der Waals surface area contributed by atoms with Crippen molar-refractivity contribution in [2.24, 2.45) is 0 Å². The number of carbonyl (C=O) groups is 1. The molecule has 0 unspecified atom stereocenters. The Morgan fingerprint density at radius 3 is 2.70 bits per heavy atom. The van der Waals surface area contributed by atoms with Crippen LogP contribution in [0, 0.1) is 6.92 Å². The highest BCUT2D eigenvalue weighted by atomic mass is 79.9. The van der Waals surface area contributed by atoms with Gasteiger partial charge in [0.05, 0.1) is 0 Å². The number of benzene rings is 2. The number of fused-ring (bicyclic) bond motifs is 1. The lowest BCUT2D eigenvalue weighted by Crippen LogP contribution is -2.01. The molecule has 0 fully saturated rings. The predicted octanol–water partition coefficient (Wildman–Crippen LogP) is 5.12. The zero-order valence-corrected chi connectivity index (χ0v) is 13.0. The molecule has 1 aromatic heterocycles. The molecular formula is C16H11BrClNO. The summed E-state index contributed by atoms with van der Waals surface area (Å²) in [6.07, 6.45) is 1.76. The molecular weight excluding hydrogens is 338 g/mol. The van der Waals surface area contributed by atoms with Gasteiger partial charge in [-0.1, -0.05) is 23.7 Å². The molecule has 0 aliphatic heterocycles. The van der Waals surface area contributed by atoms with Gasteiger partial charge < -0.3 is 4.98 Å². The Morgan fingerprint density at radius 2 is 1.95 bits per heavy atom. The van der Waals surface area contributed by atoms with E-state index in [1.807, 2.05) is 25.1 Å². The Bertz CT molecular complexity index is 822. The second-order valence-electron chi connectivity index (χ2n) is 4.70. The third-order valence-corrected chi connectivity index (χ3v) is 4.15. The fraction of sp³-hybridized carbons (Fsp3) is 0.0625. The van der Waals surface area contributed by atoms with Gasteiger partial charge in [0.2, 0.25) is 0 Å². The van der Waals surface area contributed by atoms with Crippen LogP contribution in [-0.2, 0) is 0 Å². The number of rotatable bonds is 2. The molecule has 0 atom stereocenters. The fourth-order valence-electron chi connectivity index (χ4n) is 2.25. The van der Waals surface area contributed by atoms with Gasteiger partial charge in [-0.2, -0.15) is 0 Å². The topological polar surface area (TPSA) is 32.9 Å². The van der Waals surface area contributed by atoms with Crippen molar-refractivity contribution in [1.29, 1.82) is 0 Å². The summed E-state index contributed by atoms with van der Waals surface area (Å²) in [5.74, 6) is -0.0244. The van der Waals surface area contributed by atoms with Crippen LogP contribution < -0.4 is 0 Å². The maximum Gasteiger partial charge on any atom is 0.196 e. The van der Waals surface area contributed by atoms with E-state index in [0.717, 1.165) is 16.5 Å². The number of ketones is 1. The molecule has 2 aromatic carbocycles. The molecule has 0 saturated carbocycles. The first kappa shape index (κ1) is 13.4. The highest BCUT2D eigenvalue weighted by Gasteiger charge is 2.16. The summed E-state index contributed by atoms with van der Waals surface area (Å²) in [5, 5.41) is 1.53. The number of hydrogen-bond acceptors (Lipinski definition) is 1. The summed E-state index contributed by atoms with van der Waals surface area (Å²) in [4.78, 5) is 15.8. The van der Waals surface area contributed by atoms with Crippen molar-refractivity contribution in [3.63, 3.8) is 0 Å². The van der Waals surface area contributed by atoms with Gasteiger partial charge in [-0.15, -0.1) is 0 Å². The van der Waals surface area contributed by atoms with Crippen LogP contribution in [0.5, 0.6) is 0 Å². The molecule has 0 aliphatic rings. The van der Waals surface area contributed by atoms with Gasteiger partial charge in [0.1, 0.15) is 0 Å². The Hall–Kier alpha value is -1.58. The summed E-state index contributed by atoms with van der Waals surface area (Å²) in [7, 11) is 0. The molecule has 0 aliphatic carbocycles. The molecule has 100 valence electrons. The van der Waals surface area contributed by atoms with E-state index in [1.165, 1.54) is 0 Å². The van der Waals surface area contributed by atoms with E-state index in [-0.39, 0.29) is 5.78 Å². The number of H-pyrrole nitrogens is 1. The highest BCUT2D eigenvalue weighted by Crippen LogP contribution is 2.27. The lowest BCUT2D eigenvalue weighted by molar-refractivity contribution is 0.103. The summed E-state index contributed by atoms with van der Waals surface area (Å²) < 4.78 is 0.705. The lowest BCUT2D eigenvalue weighted by atomic mass is 10.0. The maximum atomic E-state index is 12.6. The van der Waals surface area contributed by atoms with Crippen molar-refractivity contribution >= 4 is 44.2 Å². The largest absolute Gasteiger partial charge is 0.360 e. The number of carbonyl (C=O) groups excluding carboxylic acids is 1. The Kier molecular flexibility index (Phi) is 3.40. The van der Waals surface area contributed by atoms with Crippen molar-refractivity contribution in [3.8, 4) is 0 Å². The molecule has 2 nitrogen and oxygen atoms in total. The van der Waals surface area contributed by atoms with Crippen LogP contribution in [0.15, 0.2) is 47.1 Å². The van der Waals surface area contributed by atoms with Crippen molar-refractivity contribution in [3.05, 3.63) is 68.8 Å². The van der Waals surface area contributed by atoms with Gasteiger partial charge in [0, 0.05) is 37.7 Å². The molecule has 0 amide bonds. The molecule has 1 N–H and O–H groups in total. The van der Waals surface area contributed by atoms with E-state index >= 15 is 0 Å². The Labute approximate surface area is 129 Å². The lowest BCUT2D eigenvalue weighted by Gasteiger charge is -2.03. The van der Waals surface area contributed by atoms with Crippen LogP contribution >= 0.6 is 27.5 Å². The van der Waals surface area contributed by atoms with Crippen LogP contribution in [0.2, 0.25) is 5.02 Å². The zero-order valence-electron chi connectivity index (χ0n) is 10.7. The normalized spacial score (nSPS) is 10.9. The minimum Gasteiger partial charge on any atom is -0.360 e. The second kappa shape index (κ2) is 5.08. The number of aromatic nitrogens is 1. The van der Waals surface area contributed by atoms with E-state index in [9.17, 15) is 4.79 Å². The van der Waals surface area contributed by atoms with Crippen LogP contribution in [0.1, 0.15) is 21.5 Å². The van der Waals surface area contributed by atoms with Gasteiger partial charge in [0.15, 0.2) is 5.78 Å². The van der Waals surface area contributed by atoms with E-state index in [1.54, 1.807) is 24.4 Å². The Balaban J connectivity index is 2.13. The molecule has 0 radical (unpaired) electrons. The monoisotopic (exact) mass is 347 g/mol. The number of aryl methyl sites for hydroxylation is 1. The van der Waals surface area contributed by atoms with Crippen molar-refractivity contribution in [2.45, 2.75) is 6.92 Å². The molecule has 1 heterocycles. The van der Waals surface area contributed by atoms with Crippen LogP contribution in [0.4, 0.5) is 0 Å². The van der Waals surface area contributed by atoms with Crippen LogP contribution in [-0.4, -0.2) is 10.8 Å². The van der Waals surface area contributed by atoms with E-state index in [2.05, 4.69) is 20.9 Å². The minimum atomic E-state index is -0.0244. The fourth-order valence-corrected chi connectivity index (χ4v) is 3.11. The summed E-state index contributed by atoms with van der Waals surface area (Å²) in [6, 6.07) is 11.2. The standard InChI is InChI=1S/C16H11BrClNO/c1-9-2-4-11-13(8-19-15(11)6-9)16(20)12-5-3-10(18)7-14(12)17/h2-8,19H,1H3. The van der Waals surface area contributed by atoms with Gasteiger partial charge in [-0.3, -0.25) is 4.79 Å². The van der Waals surface area contributed by atoms with Gasteiger partial charge in [0.25, 0.3) is 0 Å². The summed E-state index contributed by atoms with van der Waals surface area (Å²) in [5.41, 5.74) is 3.41. The predicted molar refractivity (Wildman–Crippen MR) is 85.6 cm³/mol. The SMILES string of the molecule is Cc1ccc2c(C(=O)c3ccc(Cl)cc3Br)c[nH]c2c1. The van der Waals surface area contributed by atoms with E-state index < -0.39 is 0 Å². The molecule has 0 bridgehead atoms. The summed E-state index contributed by atoms with van der Waals surface area (Å²) >= 11 is 9.31. The number of nitrogens with one attached hydrogen (secondary N) is 1. The molecule has 0 saturated heterocycles. The second-order valence-corrected chi connectivity index (χ2v) is 6.00. The van der Waals surface area contributed by atoms with E-state index in [0.29, 0.717) is 20.6 Å². The maximum absolute atomic E-state index is 12.6. The van der Waals surface area contributed by atoms with Crippen LogP contribution in [0.25, 0.3) is 10.9 Å². The minimum absolute atomic E-state index is 0.0244. The smallest absolute Gasteiger partial charge is 0.196 e. The quantitative estimate of drug-likeness (QED) is 0.640. The van der Waals surface area contributed by atoms with Crippen molar-refractivity contribution in [2.75, 3.05) is 0 Å². The average Bonchev–Trinajstić information content (AvgIpc) is 2.80. The molecule has 3 rings (SSSR count). The van der Waals surface area contributed by atoms with E-state index in [4.69, 9.17) is 11.6 Å². The first-order chi connectivity index (χ1) is 9.56. The molecule has 0 spiro atoms. The van der Waals surface area contributed by atoms with Gasteiger partial charge in [-0.05, 0) is 52.7 Å². The summed E-state index contributed by atoms with van der Waals surface area (Å²) in [6.45, 7) is 2.03. The zero-order chi connectivity index (χ0) is 14.3. The number of aromatic amines is 1. The van der Waals surface area contributed by atoms with Gasteiger partial charge in [-0.25, -0.2) is 0 Å². The molecule has 20 heavy (non-hydrogen) atoms. The molecule has 4 heteroatoms. The first-order valence-corrected chi connectivity index (χ1v) is 7.31. The number of hydrogen-bond donors (Lipinski definition) is 1. The van der Waals surface area contributed by atoms with Gasteiger partial charge >= 0.3 is 0 Å².